The number of nitrogens with one attached hydrogen (secondary N) is 1. The molecule has 1 aromatic heterocycles. The molecule has 3 heterocycles. The fourth-order valence-electron chi connectivity index (χ4n) is 3.54. The highest BCUT2D eigenvalue weighted by molar-refractivity contribution is 8.93. The van der Waals surface area contributed by atoms with E-state index in [1.54, 1.807) is 29.1 Å². The van der Waals surface area contributed by atoms with E-state index in [2.05, 4.69) is 10.3 Å². The van der Waals surface area contributed by atoms with E-state index in [0.29, 0.717) is 28.3 Å². The van der Waals surface area contributed by atoms with Gasteiger partial charge in [0.25, 0.3) is 0 Å². The first-order chi connectivity index (χ1) is 15.2. The van der Waals surface area contributed by atoms with Crippen LogP contribution in [0.2, 0.25) is 0 Å². The Morgan fingerprint density at radius 2 is 2.18 bits per heavy atom. The molecule has 3 N–H and O–H groups in total. The van der Waals surface area contributed by atoms with E-state index in [1.807, 2.05) is 0 Å². The quantitative estimate of drug-likeness (QED) is 0.404. The molecule has 1 aromatic carbocycles. The smallest absolute Gasteiger partial charge is 0.414 e. The summed E-state index contributed by atoms with van der Waals surface area (Å²) in [5.74, 6) is -0.202. The zero-order valence-electron chi connectivity index (χ0n) is 17.3. The summed E-state index contributed by atoms with van der Waals surface area (Å²) >= 11 is 1.13. The van der Waals surface area contributed by atoms with Crippen molar-refractivity contribution >= 4 is 61.1 Å². The summed E-state index contributed by atoms with van der Waals surface area (Å²) in [6.45, 7) is 0.498. The molecule has 2 aliphatic heterocycles. The van der Waals surface area contributed by atoms with Crippen LogP contribution in [0, 0.1) is 11.2 Å². The first-order valence-corrected chi connectivity index (χ1v) is 12.5. The molecule has 178 valence electrons. The predicted molar refractivity (Wildman–Crippen MR) is 129 cm³/mol. The van der Waals surface area contributed by atoms with Gasteiger partial charge < -0.3 is 10.5 Å². The van der Waals surface area contributed by atoms with Gasteiger partial charge in [0.1, 0.15) is 11.9 Å². The van der Waals surface area contributed by atoms with Gasteiger partial charge in [0, 0.05) is 17.5 Å². The predicted octanol–water partition coefficient (Wildman–Crippen LogP) is 2.35. The summed E-state index contributed by atoms with van der Waals surface area (Å²) in [7, 11) is -3.10. The van der Waals surface area contributed by atoms with E-state index in [9.17, 15) is 17.6 Å². The third-order valence-electron chi connectivity index (χ3n) is 5.10. The minimum atomic E-state index is -3.10. The van der Waals surface area contributed by atoms with Gasteiger partial charge >= 0.3 is 6.09 Å². The molecule has 0 spiro atoms. The Bertz CT molecular complexity index is 1200. The fourth-order valence-corrected chi connectivity index (χ4v) is 5.13. The molecule has 4 rings (SSSR count). The highest BCUT2D eigenvalue weighted by Gasteiger charge is 2.33. The van der Waals surface area contributed by atoms with Crippen LogP contribution in [0.15, 0.2) is 30.5 Å². The number of nitrogens with zero attached hydrogens (tertiary/aromatic N) is 4. The third kappa shape index (κ3) is 6.12. The van der Waals surface area contributed by atoms with Gasteiger partial charge in [-0.2, -0.15) is 0 Å². The molecule has 1 atom stereocenters. The molecule has 2 aliphatic rings. The number of amidine groups is 1. The number of rotatable bonds is 6. The summed E-state index contributed by atoms with van der Waals surface area (Å²) < 4.78 is 44.9. The van der Waals surface area contributed by atoms with Gasteiger partial charge in [-0.15, -0.1) is 22.1 Å². The number of hydrogen-bond donors (Lipinski definition) is 2. The normalized spacial score (nSPS) is 19.5. The molecule has 0 radical (unpaired) electrons. The number of carbonyl (C=O) groups is 1. The van der Waals surface area contributed by atoms with Gasteiger partial charge in [0.15, 0.2) is 15.0 Å². The number of thioether (sulfide) groups is 1. The Morgan fingerprint density at radius 1 is 1.39 bits per heavy atom. The highest BCUT2D eigenvalue weighted by atomic mass is 79.9. The van der Waals surface area contributed by atoms with Crippen LogP contribution < -0.4 is 10.6 Å². The van der Waals surface area contributed by atoms with Crippen LogP contribution in [-0.4, -0.2) is 58.8 Å². The number of cyclic esters (lactones) is 1. The number of amides is 1. The Labute approximate surface area is 204 Å². The maximum atomic E-state index is 14.8. The minimum absolute atomic E-state index is 0. The lowest BCUT2D eigenvalue weighted by molar-refractivity contribution is 0.129. The Balaban J connectivity index is 0.00000306. The lowest BCUT2D eigenvalue weighted by atomic mass is 10.0. The summed E-state index contributed by atoms with van der Waals surface area (Å²) in [4.78, 5) is 13.7. The Kier molecular flexibility index (Phi) is 7.80. The van der Waals surface area contributed by atoms with Gasteiger partial charge in [-0.3, -0.25) is 10.3 Å². The van der Waals surface area contributed by atoms with E-state index in [0.717, 1.165) is 11.8 Å². The highest BCUT2D eigenvalue weighted by Crippen LogP contribution is 2.30. The van der Waals surface area contributed by atoms with Crippen molar-refractivity contribution in [3.63, 3.8) is 0 Å². The number of halogens is 2. The molecular formula is C19H22BrFN6O4S2. The van der Waals surface area contributed by atoms with Gasteiger partial charge in [0.2, 0.25) is 0 Å². The van der Waals surface area contributed by atoms with Crippen molar-refractivity contribution in [1.82, 2.24) is 15.0 Å². The molecule has 1 saturated heterocycles. The Morgan fingerprint density at radius 3 is 2.85 bits per heavy atom. The van der Waals surface area contributed by atoms with E-state index >= 15 is 0 Å². The van der Waals surface area contributed by atoms with Gasteiger partial charge in [0.05, 0.1) is 36.0 Å². The number of anilines is 1. The van der Waals surface area contributed by atoms with Crippen molar-refractivity contribution in [2.24, 2.45) is 5.73 Å². The molecule has 14 heteroatoms. The van der Waals surface area contributed by atoms with E-state index in [1.165, 1.54) is 11.0 Å². The summed E-state index contributed by atoms with van der Waals surface area (Å²) in [6, 6.07) is 4.44. The SMILES string of the molecule is Br.N=C(N)SCc1cn(C[C@H]2CN(c3ccc(C4=CCS(=O)(=O)CC4)c(F)c3)C(=O)O2)nn1. The number of hydrogen-bond acceptors (Lipinski definition) is 8. The van der Waals surface area contributed by atoms with Gasteiger partial charge in [-0.25, -0.2) is 22.3 Å². The number of nitrogens with two attached hydrogens (primary N) is 1. The molecule has 33 heavy (non-hydrogen) atoms. The van der Waals surface area contributed by atoms with Crippen molar-refractivity contribution in [2.75, 3.05) is 23.0 Å². The topological polar surface area (TPSA) is 144 Å². The zero-order valence-corrected chi connectivity index (χ0v) is 20.7. The largest absolute Gasteiger partial charge is 0.442 e. The molecule has 0 aliphatic carbocycles. The van der Waals surface area contributed by atoms with Crippen molar-refractivity contribution in [3.8, 4) is 0 Å². The van der Waals surface area contributed by atoms with Crippen LogP contribution in [0.4, 0.5) is 14.9 Å². The van der Waals surface area contributed by atoms with E-state index in [4.69, 9.17) is 15.9 Å². The first-order valence-electron chi connectivity index (χ1n) is 9.73. The molecule has 2 aromatic rings. The first kappa shape index (κ1) is 25.2. The second kappa shape index (κ2) is 10.2. The molecule has 1 fully saturated rings. The number of sulfone groups is 1. The van der Waals surface area contributed by atoms with E-state index < -0.39 is 27.9 Å². The van der Waals surface area contributed by atoms with Gasteiger partial charge in [-0.1, -0.05) is 23.1 Å². The fraction of sp³-hybridized carbons (Fsp3) is 0.368. The maximum Gasteiger partial charge on any atom is 0.414 e. The number of aromatic nitrogens is 3. The molecule has 10 nitrogen and oxygen atoms in total. The summed E-state index contributed by atoms with van der Waals surface area (Å²) in [5, 5.41) is 15.2. The van der Waals surface area contributed by atoms with Crippen molar-refractivity contribution in [1.29, 1.82) is 5.41 Å². The summed E-state index contributed by atoms with van der Waals surface area (Å²) in [5.41, 5.74) is 7.31. The Hall–Kier alpha value is -2.45. The maximum absolute atomic E-state index is 14.8. The lowest BCUT2D eigenvalue weighted by Crippen LogP contribution is -2.26. The second-order valence-electron chi connectivity index (χ2n) is 7.46. The van der Waals surface area contributed by atoms with E-state index in [-0.39, 0.29) is 53.2 Å². The van der Waals surface area contributed by atoms with Gasteiger partial charge in [-0.05, 0) is 30.2 Å². The monoisotopic (exact) mass is 560 g/mol. The molecule has 0 bridgehead atoms. The zero-order chi connectivity index (χ0) is 22.9. The molecule has 0 saturated carbocycles. The van der Waals surface area contributed by atoms with Crippen molar-refractivity contribution in [3.05, 3.63) is 47.5 Å². The number of allylic oxidation sites excluding steroid dienone is 1. The summed E-state index contributed by atoms with van der Waals surface area (Å²) in [6.07, 6.45) is 2.42. The van der Waals surface area contributed by atoms with Crippen LogP contribution in [0.3, 0.4) is 0 Å². The molecular weight excluding hydrogens is 539 g/mol. The second-order valence-corrected chi connectivity index (χ2v) is 10.7. The van der Waals surface area contributed by atoms with Crippen molar-refractivity contribution in [2.45, 2.75) is 24.8 Å². The average Bonchev–Trinajstić information content (AvgIpc) is 3.33. The standard InChI is InChI=1S/C19H21FN6O4S2.BrH/c20-17-7-14(1-2-16(17)12-3-5-32(28,29)6-4-12)26-10-15(30-19(26)27)9-25-8-13(23-24-25)11-31-18(21)22;/h1-3,7-8,15H,4-6,9-11H2,(H3,21,22);1H/t15-;/m0./s1. The minimum Gasteiger partial charge on any atom is -0.442 e. The lowest BCUT2D eigenvalue weighted by Gasteiger charge is -2.17. The number of carbonyl (C=O) groups excluding carboxylic acids is 1. The molecule has 0 unspecified atom stereocenters. The van der Waals surface area contributed by atoms with Crippen molar-refractivity contribution < 1.29 is 22.3 Å². The average molecular weight is 561 g/mol. The number of ether oxygens (including phenoxy) is 1. The van der Waals surface area contributed by atoms with Crippen LogP contribution in [0.5, 0.6) is 0 Å². The number of benzene rings is 1. The van der Waals surface area contributed by atoms with Crippen LogP contribution in [0.1, 0.15) is 17.7 Å². The van der Waals surface area contributed by atoms with Crippen LogP contribution in [-0.2, 0) is 26.9 Å². The third-order valence-corrected chi connectivity index (χ3v) is 7.35. The van der Waals surface area contributed by atoms with Crippen LogP contribution >= 0.6 is 28.7 Å². The molecule has 1 amide bonds. The van der Waals surface area contributed by atoms with Crippen LogP contribution in [0.25, 0.3) is 5.57 Å².